The van der Waals surface area contributed by atoms with Gasteiger partial charge >= 0.3 is 42.5 Å². The molecule has 28 heteroatoms. The normalized spacial score (nSPS) is 12.6. The number of nitrogens with one attached hydrogen (secondary N) is 3. The summed E-state index contributed by atoms with van der Waals surface area (Å²) in [6.45, 7) is 38.2. The fraction of sp³-hybridized carbons (Fsp3) is 0.385. The highest BCUT2D eigenvalue weighted by Gasteiger charge is 2.22. The van der Waals surface area contributed by atoms with Gasteiger partial charge in [0.1, 0.15) is 40.0 Å². The first-order chi connectivity index (χ1) is 59.3. The van der Waals surface area contributed by atoms with Crippen LogP contribution in [0.25, 0.3) is 0 Å². The summed E-state index contributed by atoms with van der Waals surface area (Å²) < 4.78 is 38.0. The number of pyridine rings is 4. The van der Waals surface area contributed by atoms with Crippen molar-refractivity contribution in [2.24, 2.45) is 10.8 Å². The lowest BCUT2D eigenvalue weighted by atomic mass is 9.99. The van der Waals surface area contributed by atoms with Crippen LogP contribution >= 0.6 is 0 Å². The lowest BCUT2D eigenvalue weighted by Gasteiger charge is -2.25. The van der Waals surface area contributed by atoms with Crippen molar-refractivity contribution in [3.63, 3.8) is 0 Å². The van der Waals surface area contributed by atoms with Crippen LogP contribution in [-0.4, -0.2) is 202 Å². The summed E-state index contributed by atoms with van der Waals surface area (Å²) in [5.41, 5.74) is 11.7. The maximum Gasteiger partial charge on any atom is 0.373 e. The average molecular weight is 1690 g/mol. The maximum atomic E-state index is 13.1. The zero-order valence-corrected chi connectivity index (χ0v) is 73.3. The van der Waals surface area contributed by atoms with E-state index in [0.29, 0.717) is 49.9 Å². The number of esters is 3. The molecule has 6 heterocycles. The number of hydrogen-bond acceptors (Lipinski definition) is 28. The Morgan fingerprint density at radius 3 is 0.911 bits per heavy atom. The third-order valence-corrected chi connectivity index (χ3v) is 16.9. The Morgan fingerprint density at radius 2 is 0.629 bits per heavy atom. The van der Waals surface area contributed by atoms with E-state index in [4.69, 9.17) is 86.5 Å². The molecule has 2 fully saturated rings. The third-order valence-electron chi connectivity index (χ3n) is 16.9. The van der Waals surface area contributed by atoms with E-state index < -0.39 is 23.5 Å². The summed E-state index contributed by atoms with van der Waals surface area (Å²) >= 11 is 0. The number of aryl methyl sites for hydroxylation is 3. The van der Waals surface area contributed by atoms with Gasteiger partial charge in [0, 0.05) is 160 Å². The monoisotopic (exact) mass is 1690 g/mol. The van der Waals surface area contributed by atoms with Crippen LogP contribution in [0, 0.1) is 72.0 Å². The second-order valence-electron chi connectivity index (χ2n) is 31.1. The van der Waals surface area contributed by atoms with Crippen molar-refractivity contribution in [2.75, 3.05) is 120 Å². The quantitative estimate of drug-likeness (QED) is 0.0433. The molecule has 0 saturated carbocycles. The Bertz CT molecular complexity index is 4890. The van der Waals surface area contributed by atoms with Crippen LogP contribution in [0.3, 0.4) is 0 Å². The van der Waals surface area contributed by atoms with Gasteiger partial charge in [0.05, 0.1) is 51.6 Å². The molecule has 2 saturated heterocycles. The fourth-order valence-corrected chi connectivity index (χ4v) is 11.3. The molecule has 0 amide bonds. The van der Waals surface area contributed by atoms with E-state index in [1.165, 1.54) is 14.2 Å². The van der Waals surface area contributed by atoms with Crippen molar-refractivity contribution in [3.05, 3.63) is 236 Å². The molecule has 2 aliphatic rings. The van der Waals surface area contributed by atoms with Crippen molar-refractivity contribution in [1.82, 2.24) is 50.6 Å². The molecule has 0 spiro atoms. The predicted molar refractivity (Wildman–Crippen MR) is 460 cm³/mol. The average Bonchev–Trinajstić information content (AvgIpc) is 1.17. The second-order valence-corrected chi connectivity index (χ2v) is 31.1. The van der Waals surface area contributed by atoms with E-state index in [1.54, 1.807) is 31.4 Å². The minimum atomic E-state index is -0.602. The molecule has 4 aromatic carbocycles. The van der Waals surface area contributed by atoms with Crippen molar-refractivity contribution < 1.29 is 85.9 Å². The van der Waals surface area contributed by atoms with Gasteiger partial charge < -0.3 is 49.1 Å². The molecule has 0 radical (unpaired) electrons. The van der Waals surface area contributed by atoms with Crippen molar-refractivity contribution >= 4 is 42.5 Å². The number of aromatic nitrogens is 4. The van der Waals surface area contributed by atoms with Crippen LogP contribution in [0.15, 0.2) is 146 Å². The van der Waals surface area contributed by atoms with E-state index in [2.05, 4.69) is 137 Å². The van der Waals surface area contributed by atoms with Crippen molar-refractivity contribution in [2.45, 2.75) is 115 Å². The van der Waals surface area contributed by atoms with Gasteiger partial charge in [-0.25, -0.2) is 24.4 Å². The summed E-state index contributed by atoms with van der Waals surface area (Å²) in [6, 6.07) is 45.9. The van der Waals surface area contributed by atoms with E-state index >= 15 is 0 Å². The lowest BCUT2D eigenvalue weighted by Crippen LogP contribution is -2.36. The number of carbonyl (C=O) groups is 3. The zero-order chi connectivity index (χ0) is 91.3. The summed E-state index contributed by atoms with van der Waals surface area (Å²) in [7, 11) is 4.31. The maximum absolute atomic E-state index is 13.1. The number of methoxy groups -OCH3 is 3. The van der Waals surface area contributed by atoms with E-state index in [1.807, 2.05) is 151 Å². The summed E-state index contributed by atoms with van der Waals surface area (Å²) in [5.74, 6) is 27.6. The first-order valence-corrected chi connectivity index (χ1v) is 39.8. The number of ether oxygens (including phenoxy) is 7. The molecule has 0 unspecified atom stereocenters. The molecular weight excluding hydrogens is 1580 g/mol. The smallest absolute Gasteiger partial charge is 0.373 e. The minimum absolute atomic E-state index is 0.0672. The van der Waals surface area contributed by atoms with E-state index in [0.717, 1.165) is 170 Å². The number of carbonyl (C=O) groups excluding carboxylic acids is 11. The molecule has 124 heavy (non-hydrogen) atoms. The molecule has 652 valence electrons. The zero-order valence-electron chi connectivity index (χ0n) is 73.3. The number of rotatable bonds is 17. The molecular formula is C96H110N10O18. The van der Waals surface area contributed by atoms with Crippen LogP contribution in [0.4, 0.5) is 0 Å². The van der Waals surface area contributed by atoms with Gasteiger partial charge in [0.15, 0.2) is 6.61 Å². The van der Waals surface area contributed by atoms with Gasteiger partial charge in [-0.3, -0.25) is 24.7 Å². The van der Waals surface area contributed by atoms with Crippen LogP contribution in [0.5, 0.6) is 23.0 Å². The molecule has 0 aliphatic carbocycles. The molecule has 0 atom stereocenters. The molecule has 3 N–H and O–H groups in total. The predicted octanol–water partition coefficient (Wildman–Crippen LogP) is 10.1. The molecule has 2 aliphatic heterocycles. The second kappa shape index (κ2) is 56.3. The Balaban J connectivity index is 0.000000608. The molecule has 0 bridgehead atoms. The standard InChI is InChI=1S/C68H78N6O7.C18H17NO3.C6H15N3.4CO2/c1-49-37-54(16-13-51-21-27-61(28-22-51)79-47-66(3,4)5)39-57(69-49)43-72-31-32-73(44-58-40-55(38-50(2)70-58)17-14-52-23-29-62(30-24-52)80-48-67(6,7)8)34-36-74(35-33-72)45-59-41-56(42-63(71-59)65(76)77-12)18-15-53-19-25-60(26-20-53)78-46-64(75)81-68(9,10)11;1-4-15-11-14(12-17(19-15)18(20)22-3)6-5-13-7-9-16(21-2)10-8-13;1-2-8-5-6-9-4-3-7-1;4*2-1-3/h19-30,37-42H,31-36,43-48H2,1-12H3;7-12H,4H2,1-3H3;7-9H,1-6H2;;;;. The van der Waals surface area contributed by atoms with Crippen LogP contribution in [0.2, 0.25) is 0 Å². The highest BCUT2D eigenvalue weighted by Crippen LogP contribution is 2.23. The van der Waals surface area contributed by atoms with Crippen molar-refractivity contribution in [3.8, 4) is 70.4 Å². The van der Waals surface area contributed by atoms with Gasteiger partial charge in [-0.2, -0.15) is 38.4 Å². The van der Waals surface area contributed by atoms with Crippen molar-refractivity contribution in [1.29, 1.82) is 0 Å². The van der Waals surface area contributed by atoms with Gasteiger partial charge in [0.25, 0.3) is 0 Å². The first-order valence-electron chi connectivity index (χ1n) is 39.8. The van der Waals surface area contributed by atoms with Crippen LogP contribution < -0.4 is 34.9 Å². The van der Waals surface area contributed by atoms with Gasteiger partial charge in [-0.15, -0.1) is 0 Å². The number of benzene rings is 4. The minimum Gasteiger partial charge on any atom is -0.497 e. The van der Waals surface area contributed by atoms with Gasteiger partial charge in [-0.1, -0.05) is 95.8 Å². The summed E-state index contributed by atoms with van der Waals surface area (Å²) in [5, 5.41) is 9.91. The van der Waals surface area contributed by atoms with Gasteiger partial charge in [-0.05, 0) is 197 Å². The van der Waals surface area contributed by atoms with E-state index in [9.17, 15) is 14.4 Å². The molecule has 8 aromatic rings. The molecule has 4 aromatic heterocycles. The van der Waals surface area contributed by atoms with Gasteiger partial charge in [0.2, 0.25) is 0 Å². The highest BCUT2D eigenvalue weighted by atomic mass is 16.6. The third kappa shape index (κ3) is 44.2. The number of nitrogens with zero attached hydrogens (tertiary/aromatic N) is 7. The SMILES string of the molecule is C1CNCCNCCN1.CCc1cc(C#Cc2ccc(OC)cc2)cc(C(=O)OC)n1.COC(=O)c1cc(C#Cc2ccc(OCC(=O)OC(C)(C)C)cc2)cc(CN2CCN(Cc3cc(C#Cc4ccc(OCC(C)(C)C)cc4)cc(C)n3)CCN(Cc3cc(C#Cc4ccc(OCC(C)(C)C)cc4)cc(C)n3)CC2)n1.O=C=O.O=C=O.O=C=O.O=C=O. The molecule has 10 rings (SSSR count). The Morgan fingerprint density at radius 1 is 0.363 bits per heavy atom. The Kier molecular flexibility index (Phi) is 46.7. The topological polar surface area (TPSA) is 350 Å². The Hall–Kier alpha value is -13.4. The summed E-state index contributed by atoms with van der Waals surface area (Å²) in [4.78, 5) is 128. The fourth-order valence-electron chi connectivity index (χ4n) is 11.3. The molecule has 28 nitrogen and oxygen atoms in total. The largest absolute Gasteiger partial charge is 0.497 e. The number of hydrogen-bond donors (Lipinski definition) is 3. The first kappa shape index (κ1) is 103. The Labute approximate surface area is 726 Å². The highest BCUT2D eigenvalue weighted by molar-refractivity contribution is 5.88. The summed E-state index contributed by atoms with van der Waals surface area (Å²) in [6.07, 6.45) is 1.72. The van der Waals surface area contributed by atoms with Crippen LogP contribution in [0.1, 0.15) is 169 Å². The van der Waals surface area contributed by atoms with Crippen LogP contribution in [-0.2, 0) is 83.4 Å². The lowest BCUT2D eigenvalue weighted by molar-refractivity contribution is -0.193. The van der Waals surface area contributed by atoms with E-state index in [-0.39, 0.29) is 53.4 Å².